The largest absolute Gasteiger partial charge is 0.472 e. The number of furan rings is 1. The predicted octanol–water partition coefficient (Wildman–Crippen LogP) is 2.07. The van der Waals surface area contributed by atoms with E-state index < -0.39 is 0 Å². The second-order valence-corrected chi connectivity index (χ2v) is 5.32. The third kappa shape index (κ3) is 3.49. The van der Waals surface area contributed by atoms with Crippen molar-refractivity contribution in [3.8, 4) is 0 Å². The molecular formula is C16H19N3O2. The number of piperidine rings is 1. The lowest BCUT2D eigenvalue weighted by Crippen LogP contribution is -2.44. The van der Waals surface area contributed by atoms with E-state index in [9.17, 15) is 4.79 Å². The SMILES string of the molecule is O=C(c1ccoc1)N1CCC(NCc2cccnc2)CC1. The molecule has 0 radical (unpaired) electrons. The summed E-state index contributed by atoms with van der Waals surface area (Å²) >= 11 is 0. The number of nitrogens with zero attached hydrogens (tertiary/aromatic N) is 2. The van der Waals surface area contributed by atoms with Crippen molar-refractivity contribution in [3.63, 3.8) is 0 Å². The first-order chi connectivity index (χ1) is 10.3. The van der Waals surface area contributed by atoms with Crippen LogP contribution in [0.3, 0.4) is 0 Å². The number of rotatable bonds is 4. The molecule has 0 atom stereocenters. The van der Waals surface area contributed by atoms with Crippen LogP contribution in [0.15, 0.2) is 47.5 Å². The summed E-state index contributed by atoms with van der Waals surface area (Å²) in [5, 5.41) is 3.54. The third-order valence-corrected chi connectivity index (χ3v) is 3.87. The summed E-state index contributed by atoms with van der Waals surface area (Å²) in [6, 6.07) is 6.19. The van der Waals surface area contributed by atoms with Gasteiger partial charge in [0.15, 0.2) is 0 Å². The zero-order chi connectivity index (χ0) is 14.5. The Morgan fingerprint density at radius 1 is 1.38 bits per heavy atom. The van der Waals surface area contributed by atoms with E-state index in [0.29, 0.717) is 11.6 Å². The Hall–Kier alpha value is -2.14. The number of aromatic nitrogens is 1. The first kappa shape index (κ1) is 13.8. The number of pyridine rings is 1. The van der Waals surface area contributed by atoms with E-state index in [1.165, 1.54) is 18.1 Å². The van der Waals surface area contributed by atoms with Crippen LogP contribution < -0.4 is 5.32 Å². The van der Waals surface area contributed by atoms with Crippen molar-refractivity contribution in [1.29, 1.82) is 0 Å². The lowest BCUT2D eigenvalue weighted by Gasteiger charge is -2.32. The van der Waals surface area contributed by atoms with Crippen LogP contribution in [0.4, 0.5) is 0 Å². The van der Waals surface area contributed by atoms with E-state index >= 15 is 0 Å². The topological polar surface area (TPSA) is 58.4 Å². The lowest BCUT2D eigenvalue weighted by molar-refractivity contribution is 0.0704. The maximum absolute atomic E-state index is 12.2. The molecule has 2 aromatic rings. The number of nitrogens with one attached hydrogen (secondary N) is 1. The summed E-state index contributed by atoms with van der Waals surface area (Å²) in [5.41, 5.74) is 1.83. The summed E-state index contributed by atoms with van der Waals surface area (Å²) < 4.78 is 4.97. The Kier molecular flexibility index (Phi) is 4.31. The van der Waals surface area contributed by atoms with E-state index in [-0.39, 0.29) is 5.91 Å². The average molecular weight is 285 g/mol. The van der Waals surface area contributed by atoms with Gasteiger partial charge in [0.2, 0.25) is 0 Å². The summed E-state index contributed by atoms with van der Waals surface area (Å²) in [7, 11) is 0. The highest BCUT2D eigenvalue weighted by Crippen LogP contribution is 2.14. The molecule has 0 spiro atoms. The molecule has 1 aliphatic heterocycles. The van der Waals surface area contributed by atoms with E-state index in [2.05, 4.69) is 16.4 Å². The van der Waals surface area contributed by atoms with Crippen LogP contribution in [0, 0.1) is 0 Å². The highest BCUT2D eigenvalue weighted by Gasteiger charge is 2.23. The number of carbonyl (C=O) groups is 1. The van der Waals surface area contributed by atoms with Crippen molar-refractivity contribution in [2.75, 3.05) is 13.1 Å². The molecule has 1 amide bonds. The van der Waals surface area contributed by atoms with Gasteiger partial charge in [-0.15, -0.1) is 0 Å². The highest BCUT2D eigenvalue weighted by molar-refractivity contribution is 5.93. The van der Waals surface area contributed by atoms with Crippen molar-refractivity contribution >= 4 is 5.91 Å². The molecule has 0 saturated carbocycles. The Morgan fingerprint density at radius 3 is 2.90 bits per heavy atom. The van der Waals surface area contributed by atoms with E-state index in [4.69, 9.17) is 4.42 Å². The van der Waals surface area contributed by atoms with Crippen molar-refractivity contribution in [2.45, 2.75) is 25.4 Å². The normalized spacial score (nSPS) is 16.1. The minimum absolute atomic E-state index is 0.0643. The highest BCUT2D eigenvalue weighted by atomic mass is 16.3. The lowest BCUT2D eigenvalue weighted by atomic mass is 10.0. The fourth-order valence-corrected chi connectivity index (χ4v) is 2.62. The molecule has 1 aliphatic rings. The van der Waals surface area contributed by atoms with Crippen LogP contribution in [0.1, 0.15) is 28.8 Å². The van der Waals surface area contributed by atoms with Crippen molar-refractivity contribution < 1.29 is 9.21 Å². The standard InChI is InChI=1S/C16H19N3O2/c20-16(14-5-9-21-12-14)19-7-3-15(4-8-19)18-11-13-2-1-6-17-10-13/h1-2,5-6,9-10,12,15,18H,3-4,7-8,11H2. The van der Waals surface area contributed by atoms with Crippen LogP contribution >= 0.6 is 0 Å². The van der Waals surface area contributed by atoms with Gasteiger partial charge in [-0.2, -0.15) is 0 Å². The minimum Gasteiger partial charge on any atom is -0.472 e. The smallest absolute Gasteiger partial charge is 0.257 e. The van der Waals surface area contributed by atoms with Gasteiger partial charge in [0.1, 0.15) is 6.26 Å². The zero-order valence-corrected chi connectivity index (χ0v) is 11.9. The summed E-state index contributed by atoms with van der Waals surface area (Å²) in [6.45, 7) is 2.40. The fraction of sp³-hybridized carbons (Fsp3) is 0.375. The van der Waals surface area contributed by atoms with Crippen LogP contribution in [-0.2, 0) is 6.54 Å². The molecule has 2 aromatic heterocycles. The molecule has 0 aromatic carbocycles. The van der Waals surface area contributed by atoms with Gasteiger partial charge in [0, 0.05) is 38.1 Å². The molecule has 21 heavy (non-hydrogen) atoms. The van der Waals surface area contributed by atoms with E-state index in [0.717, 1.165) is 32.5 Å². The molecule has 1 fully saturated rings. The molecule has 0 bridgehead atoms. The van der Waals surface area contributed by atoms with Gasteiger partial charge in [0.05, 0.1) is 11.8 Å². The van der Waals surface area contributed by atoms with E-state index in [1.54, 1.807) is 12.3 Å². The number of hydrogen-bond acceptors (Lipinski definition) is 4. The number of amides is 1. The molecule has 3 heterocycles. The Balaban J connectivity index is 1.46. The second-order valence-electron chi connectivity index (χ2n) is 5.32. The van der Waals surface area contributed by atoms with Crippen LogP contribution in [-0.4, -0.2) is 34.9 Å². The van der Waals surface area contributed by atoms with Crippen molar-refractivity contribution in [3.05, 3.63) is 54.2 Å². The fourth-order valence-electron chi connectivity index (χ4n) is 2.62. The first-order valence-electron chi connectivity index (χ1n) is 7.26. The summed E-state index contributed by atoms with van der Waals surface area (Å²) in [5.74, 6) is 0.0643. The molecule has 3 rings (SSSR count). The predicted molar refractivity (Wildman–Crippen MR) is 78.7 cm³/mol. The molecule has 110 valence electrons. The minimum atomic E-state index is 0.0643. The Bertz CT molecular complexity index is 560. The summed E-state index contributed by atoms with van der Waals surface area (Å²) in [6.07, 6.45) is 8.66. The second kappa shape index (κ2) is 6.54. The molecule has 1 N–H and O–H groups in total. The molecule has 5 nitrogen and oxygen atoms in total. The molecular weight excluding hydrogens is 266 g/mol. The zero-order valence-electron chi connectivity index (χ0n) is 11.9. The van der Waals surface area contributed by atoms with Crippen molar-refractivity contribution in [2.24, 2.45) is 0 Å². The van der Waals surface area contributed by atoms with Gasteiger partial charge in [-0.25, -0.2) is 0 Å². The monoisotopic (exact) mass is 285 g/mol. The first-order valence-corrected chi connectivity index (χ1v) is 7.26. The molecule has 0 aliphatic carbocycles. The number of likely N-dealkylation sites (tertiary alicyclic amines) is 1. The molecule has 0 unspecified atom stereocenters. The average Bonchev–Trinajstić information content (AvgIpc) is 3.08. The van der Waals surface area contributed by atoms with E-state index in [1.807, 2.05) is 17.2 Å². The van der Waals surface area contributed by atoms with Gasteiger partial charge in [-0.3, -0.25) is 9.78 Å². The van der Waals surface area contributed by atoms with Crippen LogP contribution in [0.25, 0.3) is 0 Å². The molecule has 1 saturated heterocycles. The van der Waals surface area contributed by atoms with Crippen LogP contribution in [0.5, 0.6) is 0 Å². The van der Waals surface area contributed by atoms with Gasteiger partial charge >= 0.3 is 0 Å². The van der Waals surface area contributed by atoms with Crippen LogP contribution in [0.2, 0.25) is 0 Å². The maximum atomic E-state index is 12.2. The van der Waals surface area contributed by atoms with Gasteiger partial charge in [0.25, 0.3) is 5.91 Å². The Labute approximate surface area is 124 Å². The third-order valence-electron chi connectivity index (χ3n) is 3.87. The Morgan fingerprint density at radius 2 is 2.24 bits per heavy atom. The van der Waals surface area contributed by atoms with Gasteiger partial charge in [-0.1, -0.05) is 6.07 Å². The molecule has 5 heteroatoms. The van der Waals surface area contributed by atoms with Gasteiger partial charge in [-0.05, 0) is 30.5 Å². The quantitative estimate of drug-likeness (QED) is 0.934. The van der Waals surface area contributed by atoms with Gasteiger partial charge < -0.3 is 14.6 Å². The number of hydrogen-bond donors (Lipinski definition) is 1. The van der Waals surface area contributed by atoms with Crippen molar-refractivity contribution in [1.82, 2.24) is 15.2 Å². The maximum Gasteiger partial charge on any atom is 0.257 e. The summed E-state index contributed by atoms with van der Waals surface area (Å²) in [4.78, 5) is 18.2. The number of carbonyl (C=O) groups excluding carboxylic acids is 1.